The number of nitrogens with zero attached hydrogens (tertiary/aromatic N) is 4. The molecule has 4 amide bonds. The van der Waals surface area contributed by atoms with Crippen LogP contribution >= 0.6 is 33.8 Å². The molecule has 1 fully saturated rings. The Labute approximate surface area is 428 Å². The number of carboxylic acid groups (broad SMARTS) is 4. The van der Waals surface area contributed by atoms with Crippen LogP contribution in [0.2, 0.25) is 0 Å². The molecule has 0 aliphatic carbocycles. The molecule has 1 aromatic carbocycles. The lowest BCUT2D eigenvalue weighted by atomic mass is 9.71. The van der Waals surface area contributed by atoms with Gasteiger partial charge in [0.05, 0.1) is 43.1 Å². The van der Waals surface area contributed by atoms with Gasteiger partial charge in [0.2, 0.25) is 23.6 Å². The molecule has 0 bridgehead atoms. The molecule has 1 aliphatic rings. The third kappa shape index (κ3) is 26.4. The number of nitrogens with one attached hydrogen (secondary N) is 6. The normalized spacial score (nSPS) is 17.0. The molecule has 0 aromatic heterocycles. The average Bonchev–Trinajstić information content (AvgIpc) is 3.28. The van der Waals surface area contributed by atoms with Gasteiger partial charge in [-0.15, -0.1) is 0 Å². The summed E-state index contributed by atoms with van der Waals surface area (Å²) in [6.07, 6.45) is 0.213. The van der Waals surface area contributed by atoms with Gasteiger partial charge in [0.25, 0.3) is 0 Å². The van der Waals surface area contributed by atoms with Gasteiger partial charge in [-0.1, -0.05) is 61.4 Å². The number of aliphatic hydroxyl groups excluding tert-OH is 1. The zero-order valence-corrected chi connectivity index (χ0v) is 43.6. The van der Waals surface area contributed by atoms with Crippen LogP contribution in [0.5, 0.6) is 0 Å². The first-order valence-corrected chi connectivity index (χ1v) is 26.2. The molecule has 3 atom stereocenters. The number of aliphatic carboxylic acids is 4. The number of carbonyl (C=O) groups excluding carboxylic acids is 8. The Morgan fingerprint density at radius 1 is 0.690 bits per heavy atom. The molecule has 1 aliphatic heterocycles. The molecule has 0 spiro atoms. The number of thiocarbonyl (C=S) groups is 1. The van der Waals surface area contributed by atoms with Gasteiger partial charge in [0.1, 0.15) is 0 Å². The standard InChI is InChI=1S/C45H74N10O13S3/c1-6-45(5,42(68)49-22-31(2)56)30-44(3,4)41(67)50-24-36(58)48-23-35(57)46-11-19-70-71-20-12-47-43(69)51-33-9-7-32(8-10-33)21-34-25-54(28-39(63)64)16-15-52(26-37(59)60)13-14-53(27-38(61)62)17-18-55(34)29-40(65)66/h7-10,31,34,56H,6,11-30H2,1-5H3,(H,46,57)(H,48,58)(H,49,68)(H,50,67)(H,59,60)(H,61,62)(H,63,64)(H,65,66)(H2,47,51,69)/p-4. The number of rotatable bonds is 29. The number of carboxylic acids is 4. The minimum atomic E-state index is -1.38. The molecule has 7 N–H and O–H groups in total. The first-order chi connectivity index (χ1) is 33.4. The van der Waals surface area contributed by atoms with E-state index in [1.165, 1.54) is 20.6 Å². The smallest absolute Gasteiger partial charge is 0.239 e. The minimum Gasteiger partial charge on any atom is -0.549 e. The highest BCUT2D eigenvalue weighted by Crippen LogP contribution is 2.37. The molecular formula is C45H70N10O13S3-4. The van der Waals surface area contributed by atoms with E-state index in [0.29, 0.717) is 41.8 Å². The predicted molar refractivity (Wildman–Crippen MR) is 265 cm³/mol. The van der Waals surface area contributed by atoms with Gasteiger partial charge in [-0.25, -0.2) is 0 Å². The fraction of sp³-hybridized carbons (Fsp3) is 0.667. The Kier molecular flexibility index (Phi) is 28.3. The fourth-order valence-corrected chi connectivity index (χ4v) is 9.66. The average molecular weight is 1060 g/mol. The predicted octanol–water partition coefficient (Wildman–Crippen LogP) is -5.84. The highest BCUT2D eigenvalue weighted by molar-refractivity contribution is 8.76. The third-order valence-corrected chi connectivity index (χ3v) is 14.1. The summed E-state index contributed by atoms with van der Waals surface area (Å²) < 4.78 is 0. The van der Waals surface area contributed by atoms with Crippen molar-refractivity contribution < 1.29 is 63.9 Å². The van der Waals surface area contributed by atoms with Crippen LogP contribution in [0.15, 0.2) is 24.3 Å². The van der Waals surface area contributed by atoms with Crippen molar-refractivity contribution in [2.45, 2.75) is 66.0 Å². The molecule has 1 saturated heterocycles. The molecule has 1 heterocycles. The molecule has 2 rings (SSSR count). The Bertz CT molecular complexity index is 1930. The number of amides is 4. The van der Waals surface area contributed by atoms with Gasteiger partial charge in [-0.2, -0.15) is 0 Å². The van der Waals surface area contributed by atoms with Crippen molar-refractivity contribution >= 4 is 92.1 Å². The largest absolute Gasteiger partial charge is 0.549 e. The van der Waals surface area contributed by atoms with Crippen LogP contribution in [-0.4, -0.2) is 206 Å². The number of hydrogen-bond acceptors (Lipinski definition) is 20. The Balaban J connectivity index is 1.81. The van der Waals surface area contributed by atoms with Gasteiger partial charge in [0, 0.05) is 126 Å². The van der Waals surface area contributed by atoms with E-state index in [1.54, 1.807) is 60.4 Å². The molecule has 1 aromatic rings. The zero-order chi connectivity index (χ0) is 53.1. The second-order valence-corrected chi connectivity index (χ2v) is 21.3. The highest BCUT2D eigenvalue weighted by atomic mass is 33.1. The van der Waals surface area contributed by atoms with E-state index in [-0.39, 0.29) is 84.2 Å². The van der Waals surface area contributed by atoms with E-state index in [9.17, 15) is 63.9 Å². The van der Waals surface area contributed by atoms with Crippen molar-refractivity contribution in [3.05, 3.63) is 29.8 Å². The third-order valence-electron chi connectivity index (χ3n) is 11.5. The van der Waals surface area contributed by atoms with E-state index in [0.717, 1.165) is 5.56 Å². The number of benzene rings is 1. The first-order valence-electron chi connectivity index (χ1n) is 23.3. The van der Waals surface area contributed by atoms with E-state index >= 15 is 0 Å². The number of aliphatic hydroxyl groups is 1. The van der Waals surface area contributed by atoms with Crippen LogP contribution in [0.3, 0.4) is 0 Å². The van der Waals surface area contributed by atoms with Crippen LogP contribution in [0, 0.1) is 10.8 Å². The molecule has 71 heavy (non-hydrogen) atoms. The van der Waals surface area contributed by atoms with Crippen LogP contribution in [-0.2, 0) is 44.8 Å². The zero-order valence-electron chi connectivity index (χ0n) is 41.2. The SMILES string of the molecule is CCC(C)(CC(C)(C)C(=O)NCC(=O)NCC(=O)NCCSSCCNC(=S)Nc1ccc(CC2CN(CC(=O)[O-])CCN(CC(=O)[O-])CCN(CC(=O)[O-])CCN2CC(=O)[O-])cc1)C(=O)NCC(C)O. The van der Waals surface area contributed by atoms with Gasteiger partial charge in [-0.05, 0) is 56.1 Å². The summed E-state index contributed by atoms with van der Waals surface area (Å²) in [6.45, 7) is 7.60. The fourth-order valence-electron chi connectivity index (χ4n) is 7.63. The lowest BCUT2D eigenvalue weighted by Crippen LogP contribution is -2.55. The van der Waals surface area contributed by atoms with Crippen LogP contribution in [0.1, 0.15) is 53.0 Å². The number of anilines is 1. The summed E-state index contributed by atoms with van der Waals surface area (Å²) in [4.78, 5) is 103. The van der Waals surface area contributed by atoms with Gasteiger partial charge in [-0.3, -0.25) is 38.8 Å². The van der Waals surface area contributed by atoms with Gasteiger partial charge >= 0.3 is 0 Å². The second-order valence-electron chi connectivity index (χ2n) is 18.2. The molecule has 0 radical (unpaired) electrons. The molecule has 26 heteroatoms. The summed E-state index contributed by atoms with van der Waals surface area (Å²) in [5.41, 5.74) is -0.434. The summed E-state index contributed by atoms with van der Waals surface area (Å²) >= 11 is 5.46. The van der Waals surface area contributed by atoms with Crippen molar-refractivity contribution in [1.29, 1.82) is 0 Å². The van der Waals surface area contributed by atoms with Crippen molar-refractivity contribution in [1.82, 2.24) is 46.2 Å². The maximum Gasteiger partial charge on any atom is 0.239 e. The van der Waals surface area contributed by atoms with Crippen LogP contribution < -0.4 is 52.3 Å². The van der Waals surface area contributed by atoms with Crippen molar-refractivity contribution in [3.8, 4) is 0 Å². The lowest BCUT2D eigenvalue weighted by Gasteiger charge is -2.39. The Hall–Kier alpha value is -4.83. The summed E-state index contributed by atoms with van der Waals surface area (Å²) in [7, 11) is 3.09. The lowest BCUT2D eigenvalue weighted by molar-refractivity contribution is -0.309. The molecule has 23 nitrogen and oxygen atoms in total. The Morgan fingerprint density at radius 2 is 1.18 bits per heavy atom. The van der Waals surface area contributed by atoms with E-state index < -0.39 is 90.8 Å². The van der Waals surface area contributed by atoms with Crippen molar-refractivity contribution in [3.63, 3.8) is 0 Å². The highest BCUT2D eigenvalue weighted by Gasteiger charge is 2.41. The summed E-state index contributed by atoms with van der Waals surface area (Å²) in [5.74, 6) is -5.84. The van der Waals surface area contributed by atoms with E-state index in [2.05, 4.69) is 31.9 Å². The quantitative estimate of drug-likeness (QED) is 0.0223. The number of carbonyl (C=O) groups is 8. The van der Waals surface area contributed by atoms with Crippen LogP contribution in [0.4, 0.5) is 5.69 Å². The maximum absolute atomic E-state index is 13.0. The summed E-state index contributed by atoms with van der Waals surface area (Å²) in [6, 6.07) is 6.58. The maximum atomic E-state index is 13.0. The van der Waals surface area contributed by atoms with E-state index in [4.69, 9.17) is 12.2 Å². The molecule has 3 unspecified atom stereocenters. The first kappa shape index (κ1) is 62.3. The second kappa shape index (κ2) is 32.3. The van der Waals surface area contributed by atoms with Crippen molar-refractivity contribution in [2.24, 2.45) is 10.8 Å². The van der Waals surface area contributed by atoms with Crippen molar-refractivity contribution in [2.75, 3.05) is 122 Å². The molecular weight excluding hydrogens is 985 g/mol. The molecule has 400 valence electrons. The monoisotopic (exact) mass is 1050 g/mol. The van der Waals surface area contributed by atoms with E-state index in [1.807, 2.05) is 19.1 Å². The topological polar surface area (TPSA) is 334 Å². The van der Waals surface area contributed by atoms with Crippen LogP contribution in [0.25, 0.3) is 0 Å². The minimum absolute atomic E-state index is 0.0572. The molecule has 0 saturated carbocycles. The summed E-state index contributed by atoms with van der Waals surface area (Å²) in [5, 5.41) is 73.3. The van der Waals surface area contributed by atoms with Gasteiger partial charge in [0.15, 0.2) is 5.11 Å². The van der Waals surface area contributed by atoms with Gasteiger partial charge < -0.3 is 76.6 Å². The number of hydrogen-bond donors (Lipinski definition) is 7. The Morgan fingerprint density at radius 3 is 1.72 bits per heavy atom.